The van der Waals surface area contributed by atoms with E-state index in [-0.39, 0.29) is 10.7 Å². The molecular weight excluding hydrogens is 257 g/mol. The van der Waals surface area contributed by atoms with Gasteiger partial charge in [-0.3, -0.25) is 0 Å². The van der Waals surface area contributed by atoms with Crippen LogP contribution in [0.15, 0.2) is 6.20 Å². The van der Waals surface area contributed by atoms with Gasteiger partial charge in [0.15, 0.2) is 0 Å². The van der Waals surface area contributed by atoms with Crippen molar-refractivity contribution in [1.29, 1.82) is 0 Å². The summed E-state index contributed by atoms with van der Waals surface area (Å²) in [6.45, 7) is 1.11. The van der Waals surface area contributed by atoms with E-state index in [4.69, 9.17) is 11.6 Å². The second-order valence-electron chi connectivity index (χ2n) is 2.81. The lowest BCUT2D eigenvalue weighted by Gasteiger charge is -2.15. The zero-order valence-electron chi connectivity index (χ0n) is 7.78. The first-order chi connectivity index (χ1) is 7.22. The Morgan fingerprint density at radius 3 is 2.38 bits per heavy atom. The van der Waals surface area contributed by atoms with Crippen LogP contribution in [0.5, 0.6) is 5.75 Å². The van der Waals surface area contributed by atoms with Gasteiger partial charge in [0.1, 0.15) is 10.9 Å². The Balaban J connectivity index is 3.26. The van der Waals surface area contributed by atoms with Crippen LogP contribution in [-0.4, -0.2) is 11.3 Å². The van der Waals surface area contributed by atoms with Crippen LogP contribution < -0.4 is 4.74 Å². The number of rotatable bonds is 2. The molecule has 0 saturated carbocycles. The van der Waals surface area contributed by atoms with Crippen molar-refractivity contribution in [2.24, 2.45) is 0 Å². The van der Waals surface area contributed by atoms with E-state index < -0.39 is 24.1 Å². The third kappa shape index (κ3) is 2.94. The van der Waals surface area contributed by atoms with Crippen molar-refractivity contribution in [3.05, 3.63) is 22.5 Å². The number of alkyl halides is 5. The first kappa shape index (κ1) is 13.0. The fraction of sp³-hybridized carbons (Fsp3) is 0.375. The molecule has 0 aliphatic carbocycles. The van der Waals surface area contributed by atoms with Gasteiger partial charge in [-0.2, -0.15) is 0 Å². The SMILES string of the molecule is Cc1c(Cl)ncc(C(F)F)c1OC(F)(F)F. The molecule has 0 aliphatic rings. The van der Waals surface area contributed by atoms with E-state index in [2.05, 4.69) is 9.72 Å². The minimum absolute atomic E-state index is 0.281. The average Bonchev–Trinajstić information content (AvgIpc) is 2.10. The van der Waals surface area contributed by atoms with Crippen LogP contribution in [0, 0.1) is 6.92 Å². The molecule has 0 radical (unpaired) electrons. The summed E-state index contributed by atoms with van der Waals surface area (Å²) < 4.78 is 64.2. The highest BCUT2D eigenvalue weighted by molar-refractivity contribution is 6.30. The highest BCUT2D eigenvalue weighted by Crippen LogP contribution is 2.37. The first-order valence-corrected chi connectivity index (χ1v) is 4.29. The predicted molar refractivity (Wildman–Crippen MR) is 45.6 cm³/mol. The van der Waals surface area contributed by atoms with Crippen LogP contribution in [0.4, 0.5) is 22.0 Å². The van der Waals surface area contributed by atoms with Crippen LogP contribution in [0.25, 0.3) is 0 Å². The number of halogens is 6. The van der Waals surface area contributed by atoms with Crippen LogP contribution in [0.2, 0.25) is 5.15 Å². The fourth-order valence-electron chi connectivity index (χ4n) is 0.998. The molecule has 16 heavy (non-hydrogen) atoms. The molecule has 1 aromatic heterocycles. The van der Waals surface area contributed by atoms with Gasteiger partial charge in [0.2, 0.25) is 0 Å². The Kier molecular flexibility index (Phi) is 3.57. The lowest BCUT2D eigenvalue weighted by atomic mass is 10.2. The van der Waals surface area contributed by atoms with Crippen molar-refractivity contribution < 1.29 is 26.7 Å². The summed E-state index contributed by atoms with van der Waals surface area (Å²) in [7, 11) is 0. The third-order valence-electron chi connectivity index (χ3n) is 1.68. The van der Waals surface area contributed by atoms with Gasteiger partial charge in [0.05, 0.1) is 5.56 Å². The summed E-state index contributed by atoms with van der Waals surface area (Å²) in [5.41, 5.74) is -1.23. The Hall–Kier alpha value is -1.11. The summed E-state index contributed by atoms with van der Waals surface area (Å²) >= 11 is 5.42. The van der Waals surface area contributed by atoms with Gasteiger partial charge in [-0.05, 0) is 6.92 Å². The predicted octanol–water partition coefficient (Wildman–Crippen LogP) is 3.88. The van der Waals surface area contributed by atoms with E-state index in [0.717, 1.165) is 6.92 Å². The van der Waals surface area contributed by atoms with E-state index in [1.807, 2.05) is 0 Å². The molecule has 0 aliphatic heterocycles. The lowest BCUT2D eigenvalue weighted by molar-refractivity contribution is -0.275. The number of hydrogen-bond acceptors (Lipinski definition) is 2. The average molecular weight is 262 g/mol. The highest BCUT2D eigenvalue weighted by atomic mass is 35.5. The number of aromatic nitrogens is 1. The molecule has 0 atom stereocenters. The normalized spacial score (nSPS) is 12.0. The standard InChI is InChI=1S/C8H5ClF5NO/c1-3-5(16-8(12,13)14)4(7(10)11)2-15-6(3)9/h2,7H,1H3. The van der Waals surface area contributed by atoms with Crippen LogP contribution in [-0.2, 0) is 0 Å². The maximum absolute atomic E-state index is 12.4. The summed E-state index contributed by atoms with van der Waals surface area (Å²) in [4.78, 5) is 3.33. The molecule has 0 fully saturated rings. The minimum Gasteiger partial charge on any atom is -0.405 e. The molecule has 0 bridgehead atoms. The zero-order chi connectivity index (χ0) is 12.5. The zero-order valence-corrected chi connectivity index (χ0v) is 8.53. The molecule has 0 spiro atoms. The summed E-state index contributed by atoms with van der Waals surface area (Å²) in [5, 5.41) is -0.316. The van der Waals surface area contributed by atoms with E-state index in [0.29, 0.717) is 6.20 Å². The van der Waals surface area contributed by atoms with Gasteiger partial charge in [-0.1, -0.05) is 11.6 Å². The van der Waals surface area contributed by atoms with Crippen molar-refractivity contribution in [1.82, 2.24) is 4.98 Å². The number of nitrogens with zero attached hydrogens (tertiary/aromatic N) is 1. The Morgan fingerprint density at radius 2 is 1.94 bits per heavy atom. The molecule has 0 aromatic carbocycles. The van der Waals surface area contributed by atoms with E-state index in [1.54, 1.807) is 0 Å². The van der Waals surface area contributed by atoms with Crippen molar-refractivity contribution in [3.63, 3.8) is 0 Å². The summed E-state index contributed by atoms with van der Waals surface area (Å²) in [6.07, 6.45) is -7.62. The molecule has 0 unspecified atom stereocenters. The van der Waals surface area contributed by atoms with Crippen molar-refractivity contribution >= 4 is 11.6 Å². The van der Waals surface area contributed by atoms with Crippen LogP contribution >= 0.6 is 11.6 Å². The third-order valence-corrected chi connectivity index (χ3v) is 2.06. The highest BCUT2D eigenvalue weighted by Gasteiger charge is 2.34. The van der Waals surface area contributed by atoms with E-state index >= 15 is 0 Å². The van der Waals surface area contributed by atoms with E-state index in [1.165, 1.54) is 0 Å². The fourth-order valence-corrected chi connectivity index (χ4v) is 1.13. The van der Waals surface area contributed by atoms with Gasteiger partial charge < -0.3 is 4.74 Å². The molecular formula is C8H5ClF5NO. The van der Waals surface area contributed by atoms with Gasteiger partial charge in [-0.15, -0.1) is 13.2 Å². The van der Waals surface area contributed by atoms with Crippen molar-refractivity contribution in [2.45, 2.75) is 19.7 Å². The molecule has 90 valence electrons. The maximum Gasteiger partial charge on any atom is 0.573 e. The summed E-state index contributed by atoms with van der Waals surface area (Å²) in [5.74, 6) is -0.998. The Morgan fingerprint density at radius 1 is 1.38 bits per heavy atom. The molecule has 8 heteroatoms. The molecule has 2 nitrogen and oxygen atoms in total. The molecule has 1 rings (SSSR count). The number of pyridine rings is 1. The topological polar surface area (TPSA) is 22.1 Å². The molecule has 1 heterocycles. The molecule has 0 saturated heterocycles. The second-order valence-corrected chi connectivity index (χ2v) is 3.16. The second kappa shape index (κ2) is 4.40. The maximum atomic E-state index is 12.4. The molecule has 0 N–H and O–H groups in total. The van der Waals surface area contributed by atoms with Crippen LogP contribution in [0.1, 0.15) is 17.6 Å². The van der Waals surface area contributed by atoms with Gasteiger partial charge in [0.25, 0.3) is 6.43 Å². The van der Waals surface area contributed by atoms with Crippen molar-refractivity contribution in [3.8, 4) is 5.75 Å². The Labute approximate surface area is 92.0 Å². The Bertz CT molecular complexity index is 393. The summed E-state index contributed by atoms with van der Waals surface area (Å²) in [6, 6.07) is 0. The van der Waals surface area contributed by atoms with Crippen molar-refractivity contribution in [2.75, 3.05) is 0 Å². The smallest absolute Gasteiger partial charge is 0.405 e. The van der Waals surface area contributed by atoms with Gasteiger partial charge >= 0.3 is 6.36 Å². The monoisotopic (exact) mass is 261 g/mol. The van der Waals surface area contributed by atoms with E-state index in [9.17, 15) is 22.0 Å². The van der Waals surface area contributed by atoms with Gasteiger partial charge in [-0.25, -0.2) is 13.8 Å². The number of ether oxygens (including phenoxy) is 1. The largest absolute Gasteiger partial charge is 0.573 e. The number of hydrogen-bond donors (Lipinski definition) is 0. The first-order valence-electron chi connectivity index (χ1n) is 3.91. The minimum atomic E-state index is -5.06. The lowest BCUT2D eigenvalue weighted by Crippen LogP contribution is -2.19. The van der Waals surface area contributed by atoms with Crippen LogP contribution in [0.3, 0.4) is 0 Å². The van der Waals surface area contributed by atoms with Gasteiger partial charge in [0, 0.05) is 11.8 Å². The quantitative estimate of drug-likeness (QED) is 0.595. The molecule has 0 amide bonds. The molecule has 1 aromatic rings.